The number of hydrogen-bond acceptors (Lipinski definition) is 4. The van der Waals surface area contributed by atoms with Crippen LogP contribution in [-0.4, -0.2) is 21.3 Å². The van der Waals surface area contributed by atoms with E-state index in [1.165, 1.54) is 0 Å². The zero-order valence-corrected chi connectivity index (χ0v) is 13.6. The second-order valence-corrected chi connectivity index (χ2v) is 5.02. The van der Waals surface area contributed by atoms with E-state index in [-0.39, 0.29) is 6.04 Å². The third kappa shape index (κ3) is 3.71. The molecule has 0 aliphatic rings. The summed E-state index contributed by atoms with van der Waals surface area (Å²) in [6.45, 7) is 2.83. The molecule has 0 radical (unpaired) electrons. The van der Waals surface area contributed by atoms with E-state index in [1.807, 2.05) is 36.4 Å². The maximum absolute atomic E-state index is 5.46. The molecule has 0 aliphatic carbocycles. The third-order valence-electron chi connectivity index (χ3n) is 3.70. The van der Waals surface area contributed by atoms with Crippen LogP contribution >= 0.6 is 0 Å². The van der Waals surface area contributed by atoms with Gasteiger partial charge in [-0.15, -0.1) is 0 Å². The molecule has 0 saturated carbocycles. The van der Waals surface area contributed by atoms with Crippen LogP contribution in [0.25, 0.3) is 0 Å². The van der Waals surface area contributed by atoms with Gasteiger partial charge < -0.3 is 19.5 Å². The number of methoxy groups -OCH3 is 3. The Kier molecular flexibility index (Phi) is 5.67. The van der Waals surface area contributed by atoms with E-state index in [4.69, 9.17) is 14.2 Å². The fraction of sp³-hybridized carbons (Fsp3) is 0.333. The minimum Gasteiger partial charge on any atom is -0.497 e. The molecule has 2 aromatic carbocycles. The first-order chi connectivity index (χ1) is 10.7. The molecule has 0 bridgehead atoms. The van der Waals surface area contributed by atoms with Crippen LogP contribution < -0.4 is 19.5 Å². The summed E-state index contributed by atoms with van der Waals surface area (Å²) in [5.41, 5.74) is 2.22. The van der Waals surface area contributed by atoms with Crippen molar-refractivity contribution in [2.75, 3.05) is 21.3 Å². The van der Waals surface area contributed by atoms with Crippen LogP contribution in [0.3, 0.4) is 0 Å². The lowest BCUT2D eigenvalue weighted by molar-refractivity contribution is 0.384. The molecule has 0 aromatic heterocycles. The Morgan fingerprint density at radius 1 is 0.909 bits per heavy atom. The highest BCUT2D eigenvalue weighted by Crippen LogP contribution is 2.29. The van der Waals surface area contributed by atoms with Crippen LogP contribution in [0.4, 0.5) is 0 Å². The van der Waals surface area contributed by atoms with E-state index < -0.39 is 0 Å². The number of ether oxygens (including phenoxy) is 3. The van der Waals surface area contributed by atoms with Crippen LogP contribution in [-0.2, 0) is 6.54 Å². The van der Waals surface area contributed by atoms with E-state index in [0.717, 1.165) is 34.9 Å². The van der Waals surface area contributed by atoms with Gasteiger partial charge in [0.1, 0.15) is 17.2 Å². The van der Waals surface area contributed by atoms with Crippen LogP contribution in [0.5, 0.6) is 17.2 Å². The minimum atomic E-state index is 0.144. The molecule has 1 atom stereocenters. The minimum absolute atomic E-state index is 0.144. The molecule has 4 nitrogen and oxygen atoms in total. The van der Waals surface area contributed by atoms with E-state index in [0.29, 0.717) is 0 Å². The molecular formula is C18H23NO3. The van der Waals surface area contributed by atoms with E-state index in [2.05, 4.69) is 18.3 Å². The Morgan fingerprint density at radius 2 is 1.64 bits per heavy atom. The summed E-state index contributed by atoms with van der Waals surface area (Å²) in [6.07, 6.45) is 0. The van der Waals surface area contributed by atoms with Crippen LogP contribution in [0, 0.1) is 0 Å². The summed E-state index contributed by atoms with van der Waals surface area (Å²) in [7, 11) is 5.01. The summed E-state index contributed by atoms with van der Waals surface area (Å²) in [5.74, 6) is 2.50. The molecule has 22 heavy (non-hydrogen) atoms. The van der Waals surface area contributed by atoms with Gasteiger partial charge >= 0.3 is 0 Å². The zero-order valence-electron chi connectivity index (χ0n) is 13.6. The average molecular weight is 301 g/mol. The van der Waals surface area contributed by atoms with Crippen molar-refractivity contribution in [1.82, 2.24) is 5.32 Å². The Labute approximate surface area is 132 Å². The summed E-state index contributed by atoms with van der Waals surface area (Å²) < 4.78 is 16.1. The number of para-hydroxylation sites is 1. The van der Waals surface area contributed by atoms with Gasteiger partial charge in [-0.3, -0.25) is 0 Å². The van der Waals surface area contributed by atoms with Crippen molar-refractivity contribution in [3.63, 3.8) is 0 Å². The van der Waals surface area contributed by atoms with Crippen LogP contribution in [0.15, 0.2) is 42.5 Å². The first kappa shape index (κ1) is 16.2. The normalized spacial score (nSPS) is 11.8. The predicted molar refractivity (Wildman–Crippen MR) is 87.8 cm³/mol. The number of hydrogen-bond donors (Lipinski definition) is 1. The lowest BCUT2D eigenvalue weighted by Crippen LogP contribution is -2.19. The highest BCUT2D eigenvalue weighted by molar-refractivity contribution is 5.42. The Balaban J connectivity index is 2.10. The molecular weight excluding hydrogens is 278 g/mol. The van der Waals surface area contributed by atoms with Crippen molar-refractivity contribution in [3.8, 4) is 17.2 Å². The first-order valence-corrected chi connectivity index (χ1v) is 7.26. The van der Waals surface area contributed by atoms with Crippen molar-refractivity contribution in [2.45, 2.75) is 19.5 Å². The van der Waals surface area contributed by atoms with Crippen molar-refractivity contribution in [1.29, 1.82) is 0 Å². The van der Waals surface area contributed by atoms with E-state index >= 15 is 0 Å². The molecule has 1 unspecified atom stereocenters. The SMILES string of the molecule is COc1ccc(C(C)NCc2ccccc2OC)c(OC)c1. The van der Waals surface area contributed by atoms with Gasteiger partial charge in [0.2, 0.25) is 0 Å². The van der Waals surface area contributed by atoms with E-state index in [9.17, 15) is 0 Å². The second-order valence-electron chi connectivity index (χ2n) is 5.02. The largest absolute Gasteiger partial charge is 0.497 e. The van der Waals surface area contributed by atoms with Crippen LogP contribution in [0.2, 0.25) is 0 Å². The number of nitrogens with one attached hydrogen (secondary N) is 1. The standard InChI is InChI=1S/C18H23NO3/c1-13(16-10-9-15(20-2)11-18(16)22-4)19-12-14-7-5-6-8-17(14)21-3/h5-11,13,19H,12H2,1-4H3. The summed E-state index contributed by atoms with van der Waals surface area (Å²) in [4.78, 5) is 0. The fourth-order valence-electron chi connectivity index (χ4n) is 2.40. The smallest absolute Gasteiger partial charge is 0.127 e. The fourth-order valence-corrected chi connectivity index (χ4v) is 2.40. The molecule has 0 fully saturated rings. The van der Waals surface area contributed by atoms with Gasteiger partial charge in [0.25, 0.3) is 0 Å². The van der Waals surface area contributed by atoms with Crippen LogP contribution in [0.1, 0.15) is 24.1 Å². The van der Waals surface area contributed by atoms with Gasteiger partial charge in [0.15, 0.2) is 0 Å². The Morgan fingerprint density at radius 3 is 2.32 bits per heavy atom. The van der Waals surface area contributed by atoms with E-state index in [1.54, 1.807) is 21.3 Å². The molecule has 1 N–H and O–H groups in total. The van der Waals surface area contributed by atoms with Crippen molar-refractivity contribution in [2.24, 2.45) is 0 Å². The highest BCUT2D eigenvalue weighted by Gasteiger charge is 2.13. The summed E-state index contributed by atoms with van der Waals surface area (Å²) in [5, 5.41) is 3.50. The van der Waals surface area contributed by atoms with Crippen molar-refractivity contribution < 1.29 is 14.2 Å². The molecule has 2 aromatic rings. The quantitative estimate of drug-likeness (QED) is 0.849. The second kappa shape index (κ2) is 7.71. The zero-order chi connectivity index (χ0) is 15.9. The number of rotatable bonds is 7. The lowest BCUT2D eigenvalue weighted by Gasteiger charge is -2.19. The van der Waals surface area contributed by atoms with Crippen molar-refractivity contribution in [3.05, 3.63) is 53.6 Å². The third-order valence-corrected chi connectivity index (χ3v) is 3.70. The van der Waals surface area contributed by atoms with Gasteiger partial charge in [-0.05, 0) is 19.1 Å². The van der Waals surface area contributed by atoms with Crippen molar-refractivity contribution >= 4 is 0 Å². The molecule has 2 rings (SSSR count). The predicted octanol–water partition coefficient (Wildman–Crippen LogP) is 3.56. The van der Waals surface area contributed by atoms with Gasteiger partial charge in [0, 0.05) is 29.8 Å². The summed E-state index contributed by atoms with van der Waals surface area (Å²) in [6, 6.07) is 14.0. The Hall–Kier alpha value is -2.20. The molecule has 0 aliphatic heterocycles. The van der Waals surface area contributed by atoms with Gasteiger partial charge in [0.05, 0.1) is 21.3 Å². The molecule has 0 heterocycles. The molecule has 0 amide bonds. The van der Waals surface area contributed by atoms with Gasteiger partial charge in [-0.2, -0.15) is 0 Å². The highest BCUT2D eigenvalue weighted by atomic mass is 16.5. The number of benzene rings is 2. The first-order valence-electron chi connectivity index (χ1n) is 7.26. The Bertz CT molecular complexity index is 613. The topological polar surface area (TPSA) is 39.7 Å². The molecule has 0 saturated heterocycles. The molecule has 0 spiro atoms. The summed E-state index contributed by atoms with van der Waals surface area (Å²) >= 11 is 0. The molecule has 4 heteroatoms. The maximum Gasteiger partial charge on any atom is 0.127 e. The van der Waals surface area contributed by atoms with Gasteiger partial charge in [-0.25, -0.2) is 0 Å². The molecule has 118 valence electrons. The average Bonchev–Trinajstić information content (AvgIpc) is 2.59. The lowest BCUT2D eigenvalue weighted by atomic mass is 10.1. The monoisotopic (exact) mass is 301 g/mol. The van der Waals surface area contributed by atoms with Gasteiger partial charge in [-0.1, -0.05) is 24.3 Å². The maximum atomic E-state index is 5.46.